The summed E-state index contributed by atoms with van der Waals surface area (Å²) < 4.78 is 10.2. The number of methoxy groups -OCH3 is 1. The Bertz CT molecular complexity index is 353. The molecule has 0 spiro atoms. The van der Waals surface area contributed by atoms with Crippen LogP contribution in [0.3, 0.4) is 0 Å². The number of hydrogen-bond acceptors (Lipinski definition) is 4. The van der Waals surface area contributed by atoms with Crippen molar-refractivity contribution >= 4 is 5.84 Å². The van der Waals surface area contributed by atoms with Crippen LogP contribution in [0.25, 0.3) is 0 Å². The summed E-state index contributed by atoms with van der Waals surface area (Å²) in [6.45, 7) is 2.73. The van der Waals surface area contributed by atoms with Gasteiger partial charge in [0.15, 0.2) is 0 Å². The van der Waals surface area contributed by atoms with Gasteiger partial charge in [0.05, 0.1) is 12.2 Å². The summed E-state index contributed by atoms with van der Waals surface area (Å²) in [5.74, 6) is 0.342. The third-order valence-corrected chi connectivity index (χ3v) is 1.82. The number of hydrogen-bond donors (Lipinski definition) is 2. The van der Waals surface area contributed by atoms with Crippen LogP contribution in [0.5, 0.6) is 5.88 Å². The number of ether oxygens (including phenoxy) is 2. The number of pyridine rings is 1. The summed E-state index contributed by atoms with van der Waals surface area (Å²) >= 11 is 0. The van der Waals surface area contributed by atoms with E-state index in [0.717, 1.165) is 5.69 Å². The average Bonchev–Trinajstić information content (AvgIpc) is 2.18. The molecule has 0 radical (unpaired) electrons. The van der Waals surface area contributed by atoms with Gasteiger partial charge in [-0.1, -0.05) is 0 Å². The van der Waals surface area contributed by atoms with Gasteiger partial charge in [0.2, 0.25) is 5.88 Å². The van der Waals surface area contributed by atoms with Gasteiger partial charge in [-0.05, 0) is 19.1 Å². The standard InChI is InChI=1S/C10H15N3O2/c1-7-3-4-8(9(11)12)10(13-7)15-6-5-14-2/h3-4H,5-6H2,1-2H3,(H3,11,12). The first kappa shape index (κ1) is 11.5. The molecular formula is C10H15N3O2. The molecule has 0 saturated carbocycles. The maximum Gasteiger partial charge on any atom is 0.224 e. The molecule has 1 rings (SSSR count). The van der Waals surface area contributed by atoms with Gasteiger partial charge in [-0.25, -0.2) is 4.98 Å². The predicted octanol–water partition coefficient (Wildman–Crippen LogP) is 0.699. The monoisotopic (exact) mass is 209 g/mol. The highest BCUT2D eigenvalue weighted by molar-refractivity contribution is 5.97. The lowest BCUT2D eigenvalue weighted by atomic mass is 10.2. The van der Waals surface area contributed by atoms with E-state index in [4.69, 9.17) is 20.6 Å². The van der Waals surface area contributed by atoms with E-state index in [1.807, 2.05) is 6.92 Å². The molecule has 0 amide bonds. The van der Waals surface area contributed by atoms with Crippen molar-refractivity contribution in [1.29, 1.82) is 5.41 Å². The molecule has 3 N–H and O–H groups in total. The zero-order chi connectivity index (χ0) is 11.3. The van der Waals surface area contributed by atoms with E-state index in [9.17, 15) is 0 Å². The van der Waals surface area contributed by atoms with Crippen LogP contribution in [0, 0.1) is 12.3 Å². The Morgan fingerprint density at radius 3 is 2.80 bits per heavy atom. The first-order valence-electron chi connectivity index (χ1n) is 4.59. The number of amidine groups is 1. The van der Waals surface area contributed by atoms with Crippen LogP contribution in [0.4, 0.5) is 0 Å². The molecule has 0 aromatic carbocycles. The van der Waals surface area contributed by atoms with E-state index in [2.05, 4.69) is 4.98 Å². The summed E-state index contributed by atoms with van der Waals surface area (Å²) in [6.07, 6.45) is 0. The van der Waals surface area contributed by atoms with Crippen molar-refractivity contribution in [2.45, 2.75) is 6.92 Å². The maximum absolute atomic E-state index is 7.35. The number of nitrogens with one attached hydrogen (secondary N) is 1. The number of aryl methyl sites for hydroxylation is 1. The van der Waals surface area contributed by atoms with Crippen molar-refractivity contribution in [1.82, 2.24) is 4.98 Å². The van der Waals surface area contributed by atoms with Gasteiger partial charge in [-0.15, -0.1) is 0 Å². The van der Waals surface area contributed by atoms with Gasteiger partial charge >= 0.3 is 0 Å². The van der Waals surface area contributed by atoms with Crippen LogP contribution >= 0.6 is 0 Å². The van der Waals surface area contributed by atoms with Crippen molar-refractivity contribution in [2.75, 3.05) is 20.3 Å². The number of nitrogen functional groups attached to an aromatic ring is 1. The average molecular weight is 209 g/mol. The highest BCUT2D eigenvalue weighted by Crippen LogP contribution is 2.15. The van der Waals surface area contributed by atoms with Gasteiger partial charge in [-0.3, -0.25) is 5.41 Å². The fourth-order valence-electron chi connectivity index (χ4n) is 1.07. The van der Waals surface area contributed by atoms with E-state index >= 15 is 0 Å². The SMILES string of the molecule is COCCOc1nc(C)ccc1C(=N)N. The molecule has 0 unspecified atom stereocenters. The lowest BCUT2D eigenvalue weighted by Gasteiger charge is -2.09. The molecule has 1 aromatic rings. The Kier molecular flexibility index (Phi) is 4.05. The zero-order valence-electron chi connectivity index (χ0n) is 8.91. The fourth-order valence-corrected chi connectivity index (χ4v) is 1.07. The van der Waals surface area contributed by atoms with Crippen molar-refractivity contribution in [3.8, 4) is 5.88 Å². The Balaban J connectivity index is 2.82. The summed E-state index contributed by atoms with van der Waals surface area (Å²) in [4.78, 5) is 4.17. The lowest BCUT2D eigenvalue weighted by molar-refractivity contribution is 0.143. The number of nitrogens with zero attached hydrogens (tertiary/aromatic N) is 1. The minimum absolute atomic E-state index is 0.0464. The van der Waals surface area contributed by atoms with Crippen molar-refractivity contribution in [3.05, 3.63) is 23.4 Å². The van der Waals surface area contributed by atoms with Crippen LogP contribution in [0.15, 0.2) is 12.1 Å². The molecule has 15 heavy (non-hydrogen) atoms. The van der Waals surface area contributed by atoms with E-state index in [1.54, 1.807) is 19.2 Å². The van der Waals surface area contributed by atoms with E-state index in [0.29, 0.717) is 24.7 Å². The maximum atomic E-state index is 7.35. The third-order valence-electron chi connectivity index (χ3n) is 1.82. The second-order valence-corrected chi connectivity index (χ2v) is 3.06. The minimum atomic E-state index is -0.0464. The molecule has 0 saturated heterocycles. The predicted molar refractivity (Wildman–Crippen MR) is 57.4 cm³/mol. The molecule has 0 fully saturated rings. The lowest BCUT2D eigenvalue weighted by Crippen LogP contribution is -2.15. The molecule has 82 valence electrons. The van der Waals surface area contributed by atoms with Gasteiger partial charge in [0, 0.05) is 12.8 Å². The van der Waals surface area contributed by atoms with E-state index in [-0.39, 0.29) is 5.84 Å². The number of nitrogens with two attached hydrogens (primary N) is 1. The molecule has 1 heterocycles. The van der Waals surface area contributed by atoms with Gasteiger partial charge in [0.25, 0.3) is 0 Å². The quantitative estimate of drug-likeness (QED) is 0.425. The van der Waals surface area contributed by atoms with Crippen molar-refractivity contribution < 1.29 is 9.47 Å². The summed E-state index contributed by atoms with van der Waals surface area (Å²) in [5, 5.41) is 7.35. The first-order valence-corrected chi connectivity index (χ1v) is 4.59. The normalized spacial score (nSPS) is 10.0. The topological polar surface area (TPSA) is 81.2 Å². The Morgan fingerprint density at radius 2 is 2.20 bits per heavy atom. The van der Waals surface area contributed by atoms with Gasteiger partial charge in [-0.2, -0.15) is 0 Å². The minimum Gasteiger partial charge on any atom is -0.475 e. The third kappa shape index (κ3) is 3.21. The van der Waals surface area contributed by atoms with Crippen LogP contribution in [0.1, 0.15) is 11.3 Å². The Labute approximate surface area is 88.7 Å². The number of rotatable bonds is 5. The summed E-state index contributed by atoms with van der Waals surface area (Å²) in [7, 11) is 1.60. The Hall–Kier alpha value is -1.62. The molecule has 5 heteroatoms. The molecular weight excluding hydrogens is 194 g/mol. The number of aromatic nitrogens is 1. The molecule has 0 bridgehead atoms. The van der Waals surface area contributed by atoms with Crippen molar-refractivity contribution in [3.63, 3.8) is 0 Å². The largest absolute Gasteiger partial charge is 0.475 e. The molecule has 0 aliphatic rings. The van der Waals surface area contributed by atoms with Crippen LogP contribution < -0.4 is 10.5 Å². The first-order chi connectivity index (χ1) is 7.15. The van der Waals surface area contributed by atoms with Crippen molar-refractivity contribution in [2.24, 2.45) is 5.73 Å². The van der Waals surface area contributed by atoms with Crippen LogP contribution in [-0.4, -0.2) is 31.1 Å². The molecule has 0 aliphatic carbocycles. The molecule has 0 aliphatic heterocycles. The van der Waals surface area contributed by atoms with Gasteiger partial charge < -0.3 is 15.2 Å². The highest BCUT2D eigenvalue weighted by Gasteiger charge is 2.08. The highest BCUT2D eigenvalue weighted by atomic mass is 16.5. The van der Waals surface area contributed by atoms with Gasteiger partial charge in [0.1, 0.15) is 12.4 Å². The Morgan fingerprint density at radius 1 is 1.47 bits per heavy atom. The van der Waals surface area contributed by atoms with E-state index in [1.165, 1.54) is 0 Å². The zero-order valence-corrected chi connectivity index (χ0v) is 8.91. The molecule has 5 nitrogen and oxygen atoms in total. The summed E-state index contributed by atoms with van der Waals surface area (Å²) in [6, 6.07) is 3.52. The molecule has 1 aromatic heterocycles. The van der Waals surface area contributed by atoms with E-state index < -0.39 is 0 Å². The smallest absolute Gasteiger partial charge is 0.224 e. The summed E-state index contributed by atoms with van der Waals surface area (Å²) in [5.41, 5.74) is 6.74. The second kappa shape index (κ2) is 5.31. The molecule has 0 atom stereocenters. The fraction of sp³-hybridized carbons (Fsp3) is 0.400. The van der Waals surface area contributed by atoms with Crippen LogP contribution in [0.2, 0.25) is 0 Å². The van der Waals surface area contributed by atoms with Crippen LogP contribution in [-0.2, 0) is 4.74 Å². The second-order valence-electron chi connectivity index (χ2n) is 3.06.